The van der Waals surface area contributed by atoms with Gasteiger partial charge in [0.25, 0.3) is 6.01 Å². The van der Waals surface area contributed by atoms with Crippen LogP contribution in [0.15, 0.2) is 6.07 Å². The molecule has 32 heavy (non-hydrogen) atoms. The number of halogens is 2. The lowest BCUT2D eigenvalue weighted by Crippen LogP contribution is -2.38. The number of nitrogens with one attached hydrogen (secondary N) is 1. The van der Waals surface area contributed by atoms with Crippen molar-refractivity contribution in [3.05, 3.63) is 17.7 Å². The zero-order chi connectivity index (χ0) is 22.8. The minimum Gasteiger partial charge on any atom is -0.482 e. The van der Waals surface area contributed by atoms with Gasteiger partial charge in [0.1, 0.15) is 23.2 Å². The van der Waals surface area contributed by atoms with Crippen LogP contribution in [-0.4, -0.2) is 59.6 Å². The summed E-state index contributed by atoms with van der Waals surface area (Å²) in [5.74, 6) is -1.55. The molecule has 0 radical (unpaired) electrons. The highest BCUT2D eigenvalue weighted by molar-refractivity contribution is 5.80. The lowest BCUT2D eigenvalue weighted by Gasteiger charge is -2.29. The summed E-state index contributed by atoms with van der Waals surface area (Å²) >= 11 is 0. The van der Waals surface area contributed by atoms with Crippen LogP contribution in [0.5, 0.6) is 11.8 Å². The summed E-state index contributed by atoms with van der Waals surface area (Å²) in [6, 6.07) is 1.15. The number of hydrogen-bond acceptors (Lipinski definition) is 6. The summed E-state index contributed by atoms with van der Waals surface area (Å²) in [5, 5.41) is 2.80. The Morgan fingerprint density at radius 3 is 2.53 bits per heavy atom. The minimum absolute atomic E-state index is 0.0132. The molecule has 1 saturated carbocycles. The number of nitrogens with zero attached hydrogens (tertiary/aromatic N) is 2. The number of benzene rings is 1. The number of fused-ring (bicyclic) bond motifs is 1. The average molecular weight is 453 g/mol. The highest BCUT2D eigenvalue weighted by Crippen LogP contribution is 2.34. The van der Waals surface area contributed by atoms with E-state index in [9.17, 15) is 9.18 Å². The molecule has 1 aliphatic carbocycles. The smallest absolute Gasteiger partial charge is 0.297 e. The fraction of sp³-hybridized carbons (Fsp3) is 0.636. The third-order valence-electron chi connectivity index (χ3n) is 5.79. The molecular weight excluding hydrogens is 424 g/mol. The SMILES string of the molecule is CC(=O)N[C@@H](C)COC1CCC(Oc2nc3c(F)cc(OC4COC4)c(F)c3n2C)CC1. The number of aryl methyl sites for hydroxylation is 1. The van der Waals surface area contributed by atoms with Gasteiger partial charge in [-0.15, -0.1) is 0 Å². The van der Waals surface area contributed by atoms with Crippen LogP contribution in [0.4, 0.5) is 8.78 Å². The Hall–Kier alpha value is -2.46. The van der Waals surface area contributed by atoms with Gasteiger partial charge in [-0.25, -0.2) is 8.78 Å². The molecule has 1 aliphatic heterocycles. The number of carbonyl (C=O) groups is 1. The van der Waals surface area contributed by atoms with Gasteiger partial charge < -0.3 is 24.3 Å². The molecule has 1 aromatic heterocycles. The average Bonchev–Trinajstić information content (AvgIpc) is 3.04. The van der Waals surface area contributed by atoms with Gasteiger partial charge in [-0.1, -0.05) is 0 Å². The maximum Gasteiger partial charge on any atom is 0.297 e. The molecule has 4 rings (SSSR count). The second kappa shape index (κ2) is 9.58. The van der Waals surface area contributed by atoms with Crippen LogP contribution in [0.1, 0.15) is 39.5 Å². The monoisotopic (exact) mass is 453 g/mol. The van der Waals surface area contributed by atoms with Crippen molar-refractivity contribution in [3.8, 4) is 11.8 Å². The van der Waals surface area contributed by atoms with Crippen LogP contribution < -0.4 is 14.8 Å². The topological polar surface area (TPSA) is 83.8 Å². The molecule has 1 aromatic carbocycles. The molecule has 2 fully saturated rings. The summed E-state index contributed by atoms with van der Waals surface area (Å²) in [6.45, 7) is 4.55. The van der Waals surface area contributed by atoms with Crippen molar-refractivity contribution in [2.24, 2.45) is 7.05 Å². The zero-order valence-corrected chi connectivity index (χ0v) is 18.5. The fourth-order valence-electron chi connectivity index (χ4n) is 4.05. The molecule has 10 heteroatoms. The van der Waals surface area contributed by atoms with E-state index in [1.807, 2.05) is 6.92 Å². The molecule has 2 aromatic rings. The van der Waals surface area contributed by atoms with Gasteiger partial charge in [-0.2, -0.15) is 4.98 Å². The molecule has 2 aliphatic rings. The molecule has 0 unspecified atom stereocenters. The van der Waals surface area contributed by atoms with Gasteiger partial charge in [-0.3, -0.25) is 9.36 Å². The molecular formula is C22H29F2N3O5. The Balaban J connectivity index is 1.37. The predicted molar refractivity (Wildman–Crippen MR) is 112 cm³/mol. The van der Waals surface area contributed by atoms with Gasteiger partial charge in [0, 0.05) is 26.1 Å². The van der Waals surface area contributed by atoms with E-state index in [1.54, 1.807) is 7.05 Å². The maximum atomic E-state index is 15.0. The van der Waals surface area contributed by atoms with E-state index >= 15 is 4.39 Å². The number of hydrogen-bond donors (Lipinski definition) is 1. The van der Waals surface area contributed by atoms with Crippen molar-refractivity contribution in [1.29, 1.82) is 0 Å². The van der Waals surface area contributed by atoms with E-state index in [0.29, 0.717) is 19.8 Å². The highest BCUT2D eigenvalue weighted by Gasteiger charge is 2.28. The first-order chi connectivity index (χ1) is 15.3. The van der Waals surface area contributed by atoms with Crippen molar-refractivity contribution in [2.75, 3.05) is 19.8 Å². The van der Waals surface area contributed by atoms with Gasteiger partial charge >= 0.3 is 0 Å². The van der Waals surface area contributed by atoms with Crippen molar-refractivity contribution >= 4 is 16.9 Å². The minimum atomic E-state index is -0.663. The van der Waals surface area contributed by atoms with Crippen LogP contribution >= 0.6 is 0 Å². The molecule has 0 spiro atoms. The van der Waals surface area contributed by atoms with E-state index in [-0.39, 0.29) is 53.1 Å². The van der Waals surface area contributed by atoms with Crippen LogP contribution in [-0.2, 0) is 21.3 Å². The van der Waals surface area contributed by atoms with E-state index in [0.717, 1.165) is 31.7 Å². The third-order valence-corrected chi connectivity index (χ3v) is 5.79. The Labute approximate surface area is 185 Å². The van der Waals surface area contributed by atoms with E-state index in [2.05, 4.69) is 10.3 Å². The van der Waals surface area contributed by atoms with Crippen LogP contribution in [0.2, 0.25) is 0 Å². The van der Waals surface area contributed by atoms with Gasteiger partial charge in [0.05, 0.1) is 25.9 Å². The predicted octanol–water partition coefficient (Wildman–Crippen LogP) is 2.86. The lowest BCUT2D eigenvalue weighted by atomic mass is 9.95. The molecule has 1 saturated heterocycles. The Kier molecular flexibility index (Phi) is 6.80. The fourth-order valence-corrected chi connectivity index (χ4v) is 4.05. The number of carbonyl (C=O) groups excluding carboxylic acids is 1. The molecule has 1 N–H and O–H groups in total. The highest BCUT2D eigenvalue weighted by atomic mass is 19.1. The molecule has 176 valence electrons. The summed E-state index contributed by atoms with van der Waals surface area (Å²) in [6.07, 6.45) is 2.77. The second-order valence-electron chi connectivity index (χ2n) is 8.55. The number of aromatic nitrogens is 2. The van der Waals surface area contributed by atoms with Crippen molar-refractivity contribution in [1.82, 2.24) is 14.9 Å². The normalized spacial score (nSPS) is 22.4. The molecule has 0 bridgehead atoms. The zero-order valence-electron chi connectivity index (χ0n) is 18.5. The lowest BCUT2D eigenvalue weighted by molar-refractivity contribution is -0.120. The maximum absolute atomic E-state index is 15.0. The van der Waals surface area contributed by atoms with Crippen LogP contribution in [0.3, 0.4) is 0 Å². The van der Waals surface area contributed by atoms with Crippen molar-refractivity contribution < 1.29 is 32.5 Å². The summed E-state index contributed by atoms with van der Waals surface area (Å²) in [5.41, 5.74) is -0.0691. The molecule has 1 amide bonds. The first-order valence-electron chi connectivity index (χ1n) is 11.0. The quantitative estimate of drug-likeness (QED) is 0.662. The Bertz CT molecular complexity index is 970. The van der Waals surface area contributed by atoms with Gasteiger partial charge in [0.2, 0.25) is 5.91 Å². The van der Waals surface area contributed by atoms with E-state index < -0.39 is 11.6 Å². The van der Waals surface area contributed by atoms with Crippen LogP contribution in [0.25, 0.3) is 11.0 Å². The first-order valence-corrected chi connectivity index (χ1v) is 11.0. The summed E-state index contributed by atoms with van der Waals surface area (Å²) < 4.78 is 53.5. The Morgan fingerprint density at radius 1 is 1.22 bits per heavy atom. The molecule has 1 atom stereocenters. The largest absolute Gasteiger partial charge is 0.482 e. The summed E-state index contributed by atoms with van der Waals surface area (Å²) in [7, 11) is 1.60. The summed E-state index contributed by atoms with van der Waals surface area (Å²) in [4.78, 5) is 15.3. The van der Waals surface area contributed by atoms with E-state index in [1.165, 1.54) is 11.5 Å². The van der Waals surface area contributed by atoms with Crippen molar-refractivity contribution in [3.63, 3.8) is 0 Å². The molecule has 8 nitrogen and oxygen atoms in total. The number of ether oxygens (including phenoxy) is 4. The van der Waals surface area contributed by atoms with Gasteiger partial charge in [-0.05, 0) is 32.6 Å². The van der Waals surface area contributed by atoms with Crippen LogP contribution in [0, 0.1) is 11.6 Å². The van der Waals surface area contributed by atoms with E-state index in [4.69, 9.17) is 18.9 Å². The third kappa shape index (κ3) is 4.96. The molecule has 2 heterocycles. The number of imidazole rings is 1. The standard InChI is InChI=1S/C22H29F2N3O5/c1-12(25-13(2)28)9-30-14-4-6-15(7-5-14)32-22-26-20-17(23)8-18(31-16-10-29-11-16)19(24)21(20)27(22)3/h8,12,14-16H,4-7,9-11H2,1-3H3,(H,25,28)/t12-,14?,15?/m0/s1. The second-order valence-corrected chi connectivity index (χ2v) is 8.55. The first kappa shape index (κ1) is 22.7. The van der Waals surface area contributed by atoms with Crippen molar-refractivity contribution in [2.45, 2.75) is 63.9 Å². The number of amides is 1. The number of rotatable bonds is 8. The Morgan fingerprint density at radius 2 is 1.91 bits per heavy atom. The van der Waals surface area contributed by atoms with Gasteiger partial charge in [0.15, 0.2) is 17.4 Å².